The second-order valence-electron chi connectivity index (χ2n) is 6.62. The molecule has 29 heavy (non-hydrogen) atoms. The van der Waals surface area contributed by atoms with E-state index in [2.05, 4.69) is 22.0 Å². The van der Waals surface area contributed by atoms with E-state index >= 15 is 0 Å². The Hall–Kier alpha value is -3.38. The summed E-state index contributed by atoms with van der Waals surface area (Å²) in [4.78, 5) is 18.9. The number of urea groups is 1. The molecule has 6 nitrogen and oxygen atoms in total. The molecule has 1 aliphatic rings. The fourth-order valence-corrected chi connectivity index (χ4v) is 3.48. The van der Waals surface area contributed by atoms with Crippen LogP contribution in [0.3, 0.4) is 0 Å². The van der Waals surface area contributed by atoms with Crippen molar-refractivity contribution in [2.24, 2.45) is 0 Å². The van der Waals surface area contributed by atoms with Crippen molar-refractivity contribution >= 4 is 23.2 Å². The largest absolute Gasteiger partial charge is 0.334 e. The molecule has 1 atom stereocenters. The molecule has 3 aromatic rings. The molecule has 7 heteroatoms. The smallest absolute Gasteiger partial charge is 0.322 e. The summed E-state index contributed by atoms with van der Waals surface area (Å²) in [6, 6.07) is 16.3. The molecule has 0 bridgehead atoms. The zero-order chi connectivity index (χ0) is 20.4. The SMILES string of the molecule is C=CCN1C(=O)NC(c2ccccc2)C(c2nc(-c3ccc(Cl)cc3)no2)=C1C. The summed E-state index contributed by atoms with van der Waals surface area (Å²) in [7, 11) is 0. The summed E-state index contributed by atoms with van der Waals surface area (Å²) in [6.45, 7) is 5.99. The van der Waals surface area contributed by atoms with E-state index in [0.717, 1.165) is 22.4 Å². The third-order valence-electron chi connectivity index (χ3n) is 4.80. The minimum Gasteiger partial charge on any atom is -0.334 e. The number of allylic oxidation sites excluding steroid dienone is 1. The molecule has 2 aromatic carbocycles. The molecule has 2 amide bonds. The molecule has 0 fully saturated rings. The highest BCUT2D eigenvalue weighted by atomic mass is 35.5. The monoisotopic (exact) mass is 406 g/mol. The minimum absolute atomic E-state index is 0.197. The first-order chi connectivity index (χ1) is 14.1. The van der Waals surface area contributed by atoms with E-state index in [1.807, 2.05) is 49.4 Å². The lowest BCUT2D eigenvalue weighted by atomic mass is 9.95. The number of aromatic nitrogens is 2. The first kappa shape index (κ1) is 19.0. The molecule has 1 N–H and O–H groups in total. The van der Waals surface area contributed by atoms with Crippen LogP contribution < -0.4 is 5.32 Å². The van der Waals surface area contributed by atoms with Gasteiger partial charge >= 0.3 is 6.03 Å². The van der Waals surface area contributed by atoms with E-state index in [9.17, 15) is 4.79 Å². The van der Waals surface area contributed by atoms with Crippen molar-refractivity contribution in [2.75, 3.05) is 6.54 Å². The lowest BCUT2D eigenvalue weighted by Gasteiger charge is -2.34. The van der Waals surface area contributed by atoms with Gasteiger partial charge in [0.25, 0.3) is 5.89 Å². The fraction of sp³-hybridized carbons (Fsp3) is 0.136. The van der Waals surface area contributed by atoms with Gasteiger partial charge in [0.15, 0.2) is 0 Å². The van der Waals surface area contributed by atoms with Crippen molar-refractivity contribution in [2.45, 2.75) is 13.0 Å². The number of nitrogens with zero attached hydrogens (tertiary/aromatic N) is 3. The van der Waals surface area contributed by atoms with Crippen molar-refractivity contribution in [3.63, 3.8) is 0 Å². The molecule has 2 heterocycles. The van der Waals surface area contributed by atoms with Crippen molar-refractivity contribution in [1.29, 1.82) is 0 Å². The van der Waals surface area contributed by atoms with Gasteiger partial charge in [-0.3, -0.25) is 4.90 Å². The molecule has 146 valence electrons. The summed E-state index contributed by atoms with van der Waals surface area (Å²) in [5.41, 5.74) is 3.22. The molecule has 0 saturated heterocycles. The summed E-state index contributed by atoms with van der Waals surface area (Å²) >= 11 is 5.97. The predicted molar refractivity (Wildman–Crippen MR) is 112 cm³/mol. The molecule has 1 aromatic heterocycles. The number of nitrogens with one attached hydrogen (secondary N) is 1. The van der Waals surface area contributed by atoms with Crippen molar-refractivity contribution in [3.8, 4) is 11.4 Å². The van der Waals surface area contributed by atoms with Crippen molar-refractivity contribution < 1.29 is 9.32 Å². The summed E-state index contributed by atoms with van der Waals surface area (Å²) in [6.07, 6.45) is 1.68. The van der Waals surface area contributed by atoms with E-state index in [1.165, 1.54) is 0 Å². The Bertz CT molecular complexity index is 1070. The molecule has 1 unspecified atom stereocenters. The van der Waals surface area contributed by atoms with Crippen LogP contribution >= 0.6 is 11.6 Å². The summed E-state index contributed by atoms with van der Waals surface area (Å²) < 4.78 is 5.62. The van der Waals surface area contributed by atoms with Crippen LogP contribution in [0.15, 0.2) is 77.5 Å². The van der Waals surface area contributed by atoms with Gasteiger partial charge in [-0.1, -0.05) is 53.2 Å². The molecule has 0 spiro atoms. The average molecular weight is 407 g/mol. The number of benzene rings is 2. The van der Waals surface area contributed by atoms with Crippen molar-refractivity contribution in [3.05, 3.63) is 89.4 Å². The predicted octanol–water partition coefficient (Wildman–Crippen LogP) is 5.07. The molecular weight excluding hydrogens is 388 g/mol. The van der Waals surface area contributed by atoms with Gasteiger partial charge in [-0.25, -0.2) is 4.79 Å². The Balaban J connectivity index is 1.81. The van der Waals surface area contributed by atoms with Gasteiger partial charge in [0.05, 0.1) is 11.6 Å². The Kier molecular flexibility index (Phi) is 5.18. The number of amides is 2. The van der Waals surface area contributed by atoms with Gasteiger partial charge in [-0.15, -0.1) is 6.58 Å². The average Bonchev–Trinajstić information content (AvgIpc) is 3.21. The molecule has 0 aliphatic carbocycles. The van der Waals surface area contributed by atoms with Crippen molar-refractivity contribution in [1.82, 2.24) is 20.4 Å². The minimum atomic E-state index is -0.400. The molecule has 0 saturated carbocycles. The van der Waals surface area contributed by atoms with E-state index in [4.69, 9.17) is 16.1 Å². The van der Waals surface area contributed by atoms with Crippen LogP contribution in [0.2, 0.25) is 5.02 Å². The van der Waals surface area contributed by atoms with E-state index in [-0.39, 0.29) is 6.03 Å². The van der Waals surface area contributed by atoms with E-state index < -0.39 is 6.04 Å². The number of hydrogen-bond acceptors (Lipinski definition) is 4. The highest BCUT2D eigenvalue weighted by Gasteiger charge is 2.35. The zero-order valence-corrected chi connectivity index (χ0v) is 16.6. The number of carbonyl (C=O) groups excluding carboxylic acids is 1. The second kappa shape index (κ2) is 7.93. The maximum absolute atomic E-state index is 12.7. The quantitative estimate of drug-likeness (QED) is 0.600. The van der Waals surface area contributed by atoms with Crippen LogP contribution in [0.25, 0.3) is 17.0 Å². The standard InChI is InChI=1S/C22H19ClN4O2/c1-3-13-27-14(2)18(19(24-22(27)28)15-7-5-4-6-8-15)21-25-20(26-29-21)16-9-11-17(23)12-10-16/h3-12,19H,1,13H2,2H3,(H,24,28). The Morgan fingerprint density at radius 3 is 2.62 bits per heavy atom. The lowest BCUT2D eigenvalue weighted by molar-refractivity contribution is 0.209. The van der Waals surface area contributed by atoms with Gasteiger partial charge < -0.3 is 9.84 Å². The van der Waals surface area contributed by atoms with Gasteiger partial charge in [0, 0.05) is 22.8 Å². The first-order valence-electron chi connectivity index (χ1n) is 9.13. The van der Waals surface area contributed by atoms with E-state index in [1.54, 1.807) is 23.1 Å². The van der Waals surface area contributed by atoms with Gasteiger partial charge in [0.1, 0.15) is 0 Å². The highest BCUT2D eigenvalue weighted by molar-refractivity contribution is 6.30. The first-order valence-corrected chi connectivity index (χ1v) is 9.51. The second-order valence-corrected chi connectivity index (χ2v) is 7.06. The maximum atomic E-state index is 12.7. The van der Waals surface area contributed by atoms with Gasteiger partial charge in [0.2, 0.25) is 5.82 Å². The highest BCUT2D eigenvalue weighted by Crippen LogP contribution is 2.37. The van der Waals surface area contributed by atoms with Crippen LogP contribution in [-0.2, 0) is 0 Å². The molecule has 0 radical (unpaired) electrons. The maximum Gasteiger partial charge on any atom is 0.322 e. The molecule has 1 aliphatic heterocycles. The Morgan fingerprint density at radius 1 is 1.21 bits per heavy atom. The topological polar surface area (TPSA) is 71.3 Å². The third-order valence-corrected chi connectivity index (χ3v) is 5.05. The fourth-order valence-electron chi connectivity index (χ4n) is 3.35. The Morgan fingerprint density at radius 2 is 1.93 bits per heavy atom. The van der Waals surface area contributed by atoms with Crippen LogP contribution in [0.1, 0.15) is 24.4 Å². The lowest BCUT2D eigenvalue weighted by Crippen LogP contribution is -2.46. The van der Waals surface area contributed by atoms with Crippen LogP contribution in [-0.4, -0.2) is 27.6 Å². The number of rotatable bonds is 5. The zero-order valence-electron chi connectivity index (χ0n) is 15.8. The number of halogens is 1. The number of hydrogen-bond donors (Lipinski definition) is 1. The molecular formula is C22H19ClN4O2. The Labute approximate surface area is 173 Å². The van der Waals surface area contributed by atoms with E-state index in [0.29, 0.717) is 23.3 Å². The third kappa shape index (κ3) is 3.67. The molecule has 4 rings (SSSR count). The number of carbonyl (C=O) groups is 1. The normalized spacial score (nSPS) is 16.7. The summed E-state index contributed by atoms with van der Waals surface area (Å²) in [5, 5.41) is 7.80. The summed E-state index contributed by atoms with van der Waals surface area (Å²) in [5.74, 6) is 0.811. The van der Waals surface area contributed by atoms with Gasteiger partial charge in [-0.05, 0) is 36.8 Å². The van der Waals surface area contributed by atoms with Crippen LogP contribution in [0.5, 0.6) is 0 Å². The van der Waals surface area contributed by atoms with Crippen LogP contribution in [0.4, 0.5) is 4.79 Å². The van der Waals surface area contributed by atoms with Crippen LogP contribution in [0, 0.1) is 0 Å². The van der Waals surface area contributed by atoms with Gasteiger partial charge in [-0.2, -0.15) is 4.98 Å².